The van der Waals surface area contributed by atoms with E-state index in [2.05, 4.69) is 26.1 Å². The molecule has 2 aliphatic rings. The fourth-order valence-corrected chi connectivity index (χ4v) is 4.76. The topological polar surface area (TPSA) is 58.6 Å². The first kappa shape index (κ1) is 22.1. The highest BCUT2D eigenvalue weighted by Crippen LogP contribution is 2.48. The van der Waals surface area contributed by atoms with Gasteiger partial charge in [0, 0.05) is 24.6 Å². The highest BCUT2D eigenvalue weighted by Gasteiger charge is 2.42. The van der Waals surface area contributed by atoms with Crippen molar-refractivity contribution in [3.63, 3.8) is 0 Å². The van der Waals surface area contributed by atoms with Crippen molar-refractivity contribution in [1.29, 1.82) is 0 Å². The Bertz CT molecular complexity index is 1070. The predicted octanol–water partition coefficient (Wildman–Crippen LogP) is 6.03. The number of fused-ring (bicyclic) bond motifs is 1. The second-order valence-electron chi connectivity index (χ2n) is 9.54. The standard InChI is InChI=1S/C27H32N2O3/c1-5-6-14-32-20-11-9-10-19(15-20)26-25-22(16-27(3,4)17-24(25)31)28-21-12-7-8-13-23(21)29(26)18(2)30/h7-13,15,26,28H,5-6,14,16-17H2,1-4H3/t26-/m0/s1. The molecule has 0 saturated heterocycles. The minimum absolute atomic E-state index is 0.0881. The monoisotopic (exact) mass is 432 g/mol. The highest BCUT2D eigenvalue weighted by molar-refractivity contribution is 6.05. The number of hydrogen-bond acceptors (Lipinski definition) is 4. The van der Waals surface area contributed by atoms with Gasteiger partial charge in [-0.05, 0) is 48.1 Å². The van der Waals surface area contributed by atoms with Gasteiger partial charge in [0.2, 0.25) is 5.91 Å². The molecule has 4 rings (SSSR count). The van der Waals surface area contributed by atoms with Gasteiger partial charge in [0.05, 0.1) is 24.0 Å². The quantitative estimate of drug-likeness (QED) is 0.586. The Morgan fingerprint density at radius 3 is 2.69 bits per heavy atom. The van der Waals surface area contributed by atoms with Crippen LogP contribution in [0.15, 0.2) is 59.8 Å². The molecule has 5 nitrogen and oxygen atoms in total. The number of benzene rings is 2. The van der Waals surface area contributed by atoms with Gasteiger partial charge >= 0.3 is 0 Å². The largest absolute Gasteiger partial charge is 0.494 e. The number of amides is 1. The lowest BCUT2D eigenvalue weighted by Crippen LogP contribution is -2.38. The van der Waals surface area contributed by atoms with Gasteiger partial charge in [-0.3, -0.25) is 14.5 Å². The second-order valence-corrected chi connectivity index (χ2v) is 9.54. The normalized spacial score (nSPS) is 19.6. The predicted molar refractivity (Wildman–Crippen MR) is 128 cm³/mol. The van der Waals surface area contributed by atoms with Crippen molar-refractivity contribution in [2.75, 3.05) is 16.8 Å². The van der Waals surface area contributed by atoms with Crippen LogP contribution < -0.4 is 15.0 Å². The van der Waals surface area contributed by atoms with E-state index in [1.165, 1.54) is 0 Å². The zero-order chi connectivity index (χ0) is 22.9. The molecule has 0 unspecified atom stereocenters. The molecule has 1 aliphatic carbocycles. The highest BCUT2D eigenvalue weighted by atomic mass is 16.5. The Hall–Kier alpha value is -3.08. The molecule has 2 aromatic carbocycles. The van der Waals surface area contributed by atoms with E-state index in [0.717, 1.165) is 47.6 Å². The number of allylic oxidation sites excluding steroid dienone is 1. The maximum absolute atomic E-state index is 13.5. The minimum Gasteiger partial charge on any atom is -0.494 e. The van der Waals surface area contributed by atoms with Crippen LogP contribution >= 0.6 is 0 Å². The third-order valence-electron chi connectivity index (χ3n) is 6.18. The summed E-state index contributed by atoms with van der Waals surface area (Å²) in [4.78, 5) is 28.3. The van der Waals surface area contributed by atoms with Crippen molar-refractivity contribution in [3.8, 4) is 5.75 Å². The minimum atomic E-state index is -0.503. The Morgan fingerprint density at radius 2 is 1.94 bits per heavy atom. The average molecular weight is 433 g/mol. The first-order valence-corrected chi connectivity index (χ1v) is 11.5. The van der Waals surface area contributed by atoms with Crippen molar-refractivity contribution >= 4 is 23.1 Å². The zero-order valence-electron chi connectivity index (χ0n) is 19.4. The summed E-state index contributed by atoms with van der Waals surface area (Å²) in [6, 6.07) is 15.1. The summed E-state index contributed by atoms with van der Waals surface area (Å²) < 4.78 is 5.95. The number of rotatable bonds is 5. The molecule has 0 aromatic heterocycles. The molecular formula is C27H32N2O3. The van der Waals surface area contributed by atoms with Crippen molar-refractivity contribution in [1.82, 2.24) is 0 Å². The van der Waals surface area contributed by atoms with E-state index < -0.39 is 6.04 Å². The second kappa shape index (κ2) is 8.81. The maximum Gasteiger partial charge on any atom is 0.224 e. The molecule has 0 radical (unpaired) electrons. The number of carbonyl (C=O) groups excluding carboxylic acids is 2. The van der Waals surface area contributed by atoms with E-state index in [-0.39, 0.29) is 17.1 Å². The SMILES string of the molecule is CCCCOc1cccc([C@H]2C3=C(CC(C)(C)CC3=O)Nc3ccccc3N2C(C)=O)c1. The van der Waals surface area contributed by atoms with Gasteiger partial charge in [0.1, 0.15) is 5.75 Å². The number of anilines is 2. The average Bonchev–Trinajstić information content (AvgIpc) is 2.87. The van der Waals surface area contributed by atoms with Gasteiger partial charge in [0.25, 0.3) is 0 Å². The van der Waals surface area contributed by atoms with Crippen LogP contribution in [0.2, 0.25) is 0 Å². The molecule has 1 N–H and O–H groups in total. The molecule has 0 fully saturated rings. The summed E-state index contributed by atoms with van der Waals surface area (Å²) in [6.45, 7) is 8.57. The van der Waals surface area contributed by atoms with Crippen LogP contribution in [0, 0.1) is 5.41 Å². The number of nitrogens with one attached hydrogen (secondary N) is 1. The summed E-state index contributed by atoms with van der Waals surface area (Å²) in [5, 5.41) is 3.52. The van der Waals surface area contributed by atoms with Gasteiger partial charge in [-0.15, -0.1) is 0 Å². The fourth-order valence-electron chi connectivity index (χ4n) is 4.76. The summed E-state index contributed by atoms with van der Waals surface area (Å²) >= 11 is 0. The molecule has 0 saturated carbocycles. The van der Waals surface area contributed by atoms with E-state index in [4.69, 9.17) is 4.74 Å². The molecule has 1 amide bonds. The van der Waals surface area contributed by atoms with Crippen LogP contribution in [0.5, 0.6) is 5.75 Å². The number of ketones is 1. The van der Waals surface area contributed by atoms with Crippen LogP contribution in [0.3, 0.4) is 0 Å². The van der Waals surface area contributed by atoms with E-state index >= 15 is 0 Å². The van der Waals surface area contributed by atoms with Crippen molar-refractivity contribution in [2.24, 2.45) is 5.41 Å². The van der Waals surface area contributed by atoms with Crippen LogP contribution in [-0.2, 0) is 9.59 Å². The van der Waals surface area contributed by atoms with Gasteiger partial charge in [-0.25, -0.2) is 0 Å². The summed E-state index contributed by atoms with van der Waals surface area (Å²) in [6.07, 6.45) is 3.24. The molecular weight excluding hydrogens is 400 g/mol. The molecule has 0 bridgehead atoms. The smallest absolute Gasteiger partial charge is 0.224 e. The van der Waals surface area contributed by atoms with Crippen molar-refractivity contribution in [2.45, 2.75) is 59.4 Å². The van der Waals surface area contributed by atoms with E-state index in [1.807, 2.05) is 48.5 Å². The van der Waals surface area contributed by atoms with Crippen molar-refractivity contribution in [3.05, 3.63) is 65.4 Å². The lowest BCUT2D eigenvalue weighted by atomic mass is 9.73. The molecule has 32 heavy (non-hydrogen) atoms. The Morgan fingerprint density at radius 1 is 1.16 bits per heavy atom. The molecule has 5 heteroatoms. The van der Waals surface area contributed by atoms with Crippen LogP contribution in [0.1, 0.15) is 65.0 Å². The number of nitrogens with zero attached hydrogens (tertiary/aromatic N) is 1. The van der Waals surface area contributed by atoms with E-state index in [0.29, 0.717) is 18.6 Å². The van der Waals surface area contributed by atoms with E-state index in [9.17, 15) is 9.59 Å². The molecule has 1 aliphatic heterocycles. The molecule has 1 heterocycles. The maximum atomic E-state index is 13.5. The third kappa shape index (κ3) is 4.29. The van der Waals surface area contributed by atoms with Crippen LogP contribution in [0.25, 0.3) is 0 Å². The first-order chi connectivity index (χ1) is 15.3. The van der Waals surface area contributed by atoms with Gasteiger partial charge in [0.15, 0.2) is 5.78 Å². The molecule has 0 spiro atoms. The first-order valence-electron chi connectivity index (χ1n) is 11.5. The Kier molecular flexibility index (Phi) is 6.09. The lowest BCUT2D eigenvalue weighted by molar-refractivity contribution is -0.118. The number of carbonyl (C=O) groups is 2. The van der Waals surface area contributed by atoms with Crippen molar-refractivity contribution < 1.29 is 14.3 Å². The van der Waals surface area contributed by atoms with Gasteiger partial charge in [-0.2, -0.15) is 0 Å². The van der Waals surface area contributed by atoms with Gasteiger partial charge in [-0.1, -0.05) is 51.5 Å². The number of unbranched alkanes of at least 4 members (excludes halogenated alkanes) is 1. The van der Waals surface area contributed by atoms with Crippen LogP contribution in [-0.4, -0.2) is 18.3 Å². The fraction of sp³-hybridized carbons (Fsp3) is 0.407. The molecule has 2 aromatic rings. The van der Waals surface area contributed by atoms with Gasteiger partial charge < -0.3 is 10.1 Å². The zero-order valence-corrected chi connectivity index (χ0v) is 19.4. The lowest BCUT2D eigenvalue weighted by Gasteiger charge is -2.36. The number of Topliss-reactive ketones (excluding diaryl/α,β-unsaturated/α-hetero) is 1. The summed E-state index contributed by atoms with van der Waals surface area (Å²) in [5.74, 6) is 0.744. The molecule has 168 valence electrons. The number of hydrogen-bond donors (Lipinski definition) is 1. The number of para-hydroxylation sites is 2. The van der Waals surface area contributed by atoms with E-state index in [1.54, 1.807) is 11.8 Å². The Labute approximate surface area is 190 Å². The molecule has 1 atom stereocenters. The third-order valence-corrected chi connectivity index (χ3v) is 6.18. The van der Waals surface area contributed by atoms with Crippen LogP contribution in [0.4, 0.5) is 11.4 Å². The summed E-state index contributed by atoms with van der Waals surface area (Å²) in [5.41, 5.74) is 3.96. The summed E-state index contributed by atoms with van der Waals surface area (Å²) in [7, 11) is 0. The number of ether oxygens (including phenoxy) is 1. The Balaban J connectivity index is 1.89.